The normalized spacial score (nSPS) is 10.6. The Kier molecular flexibility index (Phi) is 4.79. The van der Waals surface area contributed by atoms with Crippen molar-refractivity contribution in [1.29, 1.82) is 0 Å². The second kappa shape index (κ2) is 7.17. The van der Waals surface area contributed by atoms with Crippen LogP contribution in [-0.2, 0) is 0 Å². The number of nitrogens with two attached hydrogens (primary N) is 1. The van der Waals surface area contributed by atoms with E-state index in [0.717, 1.165) is 35.5 Å². The summed E-state index contributed by atoms with van der Waals surface area (Å²) < 4.78 is 0. The molecule has 2 aromatic carbocycles. The molecule has 1 heterocycles. The van der Waals surface area contributed by atoms with E-state index in [0.29, 0.717) is 11.5 Å². The first-order valence-corrected chi connectivity index (χ1v) is 8.31. The van der Waals surface area contributed by atoms with Crippen LogP contribution in [-0.4, -0.2) is 29.0 Å². The lowest BCUT2D eigenvalue weighted by atomic mass is 10.2. The highest BCUT2D eigenvalue weighted by Gasteiger charge is 2.12. The Morgan fingerprint density at radius 3 is 2.36 bits per heavy atom. The maximum absolute atomic E-state index is 11.2. The van der Waals surface area contributed by atoms with Crippen LogP contribution in [0.5, 0.6) is 0 Å². The molecule has 128 valence electrons. The van der Waals surface area contributed by atoms with Gasteiger partial charge < -0.3 is 16.0 Å². The number of rotatable bonds is 6. The SMILES string of the molecule is CCN(CC)c1nc(Nc2ccc(C(N)=O)cc2)nc2ccccc12. The molecule has 25 heavy (non-hydrogen) atoms. The Bertz CT molecular complexity index is 888. The number of carbonyl (C=O) groups excluding carboxylic acids is 1. The number of amides is 1. The molecule has 3 rings (SSSR count). The van der Waals surface area contributed by atoms with Gasteiger partial charge in [-0.3, -0.25) is 4.79 Å². The van der Waals surface area contributed by atoms with Gasteiger partial charge in [0.2, 0.25) is 11.9 Å². The minimum Gasteiger partial charge on any atom is -0.366 e. The van der Waals surface area contributed by atoms with Gasteiger partial charge >= 0.3 is 0 Å². The van der Waals surface area contributed by atoms with Gasteiger partial charge in [0.05, 0.1) is 5.52 Å². The minimum absolute atomic E-state index is 0.447. The fourth-order valence-electron chi connectivity index (χ4n) is 2.73. The number of aromatic nitrogens is 2. The van der Waals surface area contributed by atoms with Crippen molar-refractivity contribution in [3.8, 4) is 0 Å². The number of fused-ring (bicyclic) bond motifs is 1. The average molecular weight is 335 g/mol. The molecule has 1 amide bonds. The van der Waals surface area contributed by atoms with Crippen LogP contribution in [0, 0.1) is 0 Å². The van der Waals surface area contributed by atoms with Crippen LogP contribution in [0.3, 0.4) is 0 Å². The summed E-state index contributed by atoms with van der Waals surface area (Å²) in [7, 11) is 0. The summed E-state index contributed by atoms with van der Waals surface area (Å²) in [4.78, 5) is 22.7. The fourth-order valence-corrected chi connectivity index (χ4v) is 2.73. The first kappa shape index (κ1) is 16.7. The van der Waals surface area contributed by atoms with Gasteiger partial charge in [0.1, 0.15) is 5.82 Å². The van der Waals surface area contributed by atoms with Crippen LogP contribution >= 0.6 is 0 Å². The molecule has 3 N–H and O–H groups in total. The molecule has 3 aromatic rings. The number of nitrogens with one attached hydrogen (secondary N) is 1. The summed E-state index contributed by atoms with van der Waals surface area (Å²) in [6.45, 7) is 5.95. The molecule has 0 saturated heterocycles. The van der Waals surface area contributed by atoms with Gasteiger partial charge in [-0.2, -0.15) is 4.98 Å². The number of hydrogen-bond acceptors (Lipinski definition) is 5. The van der Waals surface area contributed by atoms with Crippen LogP contribution in [0.25, 0.3) is 10.9 Å². The highest BCUT2D eigenvalue weighted by molar-refractivity contribution is 5.93. The topological polar surface area (TPSA) is 84.1 Å². The highest BCUT2D eigenvalue weighted by atomic mass is 16.1. The van der Waals surface area contributed by atoms with E-state index in [2.05, 4.69) is 29.0 Å². The van der Waals surface area contributed by atoms with Crippen LogP contribution in [0.15, 0.2) is 48.5 Å². The van der Waals surface area contributed by atoms with Crippen molar-refractivity contribution >= 4 is 34.3 Å². The van der Waals surface area contributed by atoms with Gasteiger partial charge in [0, 0.05) is 29.7 Å². The van der Waals surface area contributed by atoms with E-state index >= 15 is 0 Å². The van der Waals surface area contributed by atoms with Gasteiger partial charge in [0.25, 0.3) is 0 Å². The molecule has 0 unspecified atom stereocenters. The Morgan fingerprint density at radius 1 is 1.04 bits per heavy atom. The number of carbonyl (C=O) groups is 1. The highest BCUT2D eigenvalue weighted by Crippen LogP contribution is 2.26. The lowest BCUT2D eigenvalue weighted by Crippen LogP contribution is -2.23. The van der Waals surface area contributed by atoms with Crippen molar-refractivity contribution in [2.45, 2.75) is 13.8 Å². The van der Waals surface area contributed by atoms with Gasteiger partial charge in [-0.15, -0.1) is 0 Å². The molecule has 1 aromatic heterocycles. The largest absolute Gasteiger partial charge is 0.366 e. The van der Waals surface area contributed by atoms with Gasteiger partial charge in [-0.1, -0.05) is 12.1 Å². The average Bonchev–Trinajstić information content (AvgIpc) is 2.63. The first-order chi connectivity index (χ1) is 12.1. The number of nitrogens with zero attached hydrogens (tertiary/aromatic N) is 3. The number of anilines is 3. The second-order valence-electron chi connectivity index (χ2n) is 5.63. The van der Waals surface area contributed by atoms with Crippen LogP contribution in [0.1, 0.15) is 24.2 Å². The minimum atomic E-state index is -0.447. The van der Waals surface area contributed by atoms with Gasteiger partial charge in [-0.25, -0.2) is 4.98 Å². The zero-order valence-corrected chi connectivity index (χ0v) is 14.4. The first-order valence-electron chi connectivity index (χ1n) is 8.31. The molecule has 0 spiro atoms. The van der Waals surface area contributed by atoms with E-state index in [-0.39, 0.29) is 0 Å². The lowest BCUT2D eigenvalue weighted by molar-refractivity contribution is 0.100. The van der Waals surface area contributed by atoms with Gasteiger partial charge in [-0.05, 0) is 50.2 Å². The summed E-state index contributed by atoms with van der Waals surface area (Å²) in [6.07, 6.45) is 0. The van der Waals surface area contributed by atoms with E-state index in [1.807, 2.05) is 24.3 Å². The zero-order valence-electron chi connectivity index (χ0n) is 14.4. The predicted octanol–water partition coefficient (Wildman–Crippen LogP) is 3.32. The van der Waals surface area contributed by atoms with Crippen molar-refractivity contribution in [3.63, 3.8) is 0 Å². The summed E-state index contributed by atoms with van der Waals surface area (Å²) in [5, 5.41) is 4.23. The molecule has 0 aliphatic rings. The Balaban J connectivity index is 2.00. The molecule has 0 atom stereocenters. The van der Waals surface area contributed by atoms with E-state index in [1.54, 1.807) is 24.3 Å². The Labute approximate surface area is 146 Å². The molecular formula is C19H21N5O. The third kappa shape index (κ3) is 3.52. The van der Waals surface area contributed by atoms with Crippen molar-refractivity contribution in [3.05, 3.63) is 54.1 Å². The standard InChI is InChI=1S/C19H21N5O/c1-3-24(4-2)18-15-7-5-6-8-16(15)22-19(23-18)21-14-11-9-13(10-12-14)17(20)25/h5-12H,3-4H2,1-2H3,(H2,20,25)(H,21,22,23). The predicted molar refractivity (Wildman–Crippen MR) is 101 cm³/mol. The van der Waals surface area contributed by atoms with Crippen LogP contribution in [0.4, 0.5) is 17.5 Å². The monoisotopic (exact) mass is 335 g/mol. The van der Waals surface area contributed by atoms with E-state index < -0.39 is 5.91 Å². The molecule has 6 heteroatoms. The Morgan fingerprint density at radius 2 is 1.72 bits per heavy atom. The van der Waals surface area contributed by atoms with Crippen molar-refractivity contribution in [1.82, 2.24) is 9.97 Å². The molecule has 0 aliphatic carbocycles. The van der Waals surface area contributed by atoms with Gasteiger partial charge in [0.15, 0.2) is 0 Å². The lowest BCUT2D eigenvalue weighted by Gasteiger charge is -2.22. The number of primary amides is 1. The third-order valence-electron chi connectivity index (χ3n) is 4.07. The molecule has 0 fully saturated rings. The number of benzene rings is 2. The van der Waals surface area contributed by atoms with E-state index in [9.17, 15) is 4.79 Å². The summed E-state index contributed by atoms with van der Waals surface area (Å²) in [6, 6.07) is 14.9. The third-order valence-corrected chi connectivity index (χ3v) is 4.07. The molecule has 0 radical (unpaired) electrons. The Hall–Kier alpha value is -3.15. The summed E-state index contributed by atoms with van der Waals surface area (Å²) >= 11 is 0. The molecule has 0 bridgehead atoms. The maximum atomic E-state index is 11.2. The van der Waals surface area contributed by atoms with Crippen LogP contribution < -0.4 is 16.0 Å². The smallest absolute Gasteiger partial charge is 0.248 e. The summed E-state index contributed by atoms with van der Waals surface area (Å²) in [5.74, 6) is 0.983. The molecule has 6 nitrogen and oxygen atoms in total. The van der Waals surface area contributed by atoms with Crippen LogP contribution in [0.2, 0.25) is 0 Å². The van der Waals surface area contributed by atoms with Crippen molar-refractivity contribution in [2.75, 3.05) is 23.3 Å². The number of hydrogen-bond donors (Lipinski definition) is 2. The van der Waals surface area contributed by atoms with Crippen molar-refractivity contribution in [2.24, 2.45) is 5.73 Å². The molecular weight excluding hydrogens is 314 g/mol. The zero-order chi connectivity index (χ0) is 17.8. The molecule has 0 saturated carbocycles. The second-order valence-corrected chi connectivity index (χ2v) is 5.63. The molecule has 0 aliphatic heterocycles. The van der Waals surface area contributed by atoms with Crippen molar-refractivity contribution < 1.29 is 4.79 Å². The van der Waals surface area contributed by atoms with E-state index in [4.69, 9.17) is 10.7 Å². The quantitative estimate of drug-likeness (QED) is 0.722. The number of para-hydroxylation sites is 1. The maximum Gasteiger partial charge on any atom is 0.248 e. The fraction of sp³-hybridized carbons (Fsp3) is 0.211. The van der Waals surface area contributed by atoms with E-state index in [1.165, 1.54) is 0 Å². The summed E-state index contributed by atoms with van der Waals surface area (Å²) in [5.41, 5.74) is 7.42.